The average Bonchev–Trinajstić information content (AvgIpc) is 2.19. The first-order valence-corrected chi connectivity index (χ1v) is 5.28. The molecule has 0 rings (SSSR count). The molecule has 0 saturated carbocycles. The molecule has 0 spiro atoms. The maximum absolute atomic E-state index is 8.80. The zero-order valence-electron chi connectivity index (χ0n) is 7.88. The van der Waals surface area contributed by atoms with Gasteiger partial charge in [-0.05, 0) is 12.5 Å². The van der Waals surface area contributed by atoms with Crippen molar-refractivity contribution < 1.29 is 5.11 Å². The molecule has 0 bridgehead atoms. The van der Waals surface area contributed by atoms with Gasteiger partial charge in [0.2, 0.25) is 0 Å². The van der Waals surface area contributed by atoms with Crippen molar-refractivity contribution in [3.05, 3.63) is 35.9 Å². The summed E-state index contributed by atoms with van der Waals surface area (Å²) in [5, 5.41) is 8.40. The summed E-state index contributed by atoms with van der Waals surface area (Å²) in [5.41, 5.74) is 1.87. The van der Waals surface area contributed by atoms with Crippen LogP contribution in [-0.2, 0) is 0 Å². The van der Waals surface area contributed by atoms with Crippen molar-refractivity contribution in [1.29, 1.82) is 0 Å². The molecular weight excluding hydrogens is 242 g/mol. The lowest BCUT2D eigenvalue weighted by molar-refractivity contribution is 0.335. The van der Waals surface area contributed by atoms with Crippen LogP contribution in [0.4, 0.5) is 0 Å². The van der Waals surface area contributed by atoms with Crippen molar-refractivity contribution in [2.45, 2.75) is 17.2 Å². The van der Waals surface area contributed by atoms with E-state index in [0.717, 1.165) is 0 Å². The highest BCUT2D eigenvalue weighted by Crippen LogP contribution is 2.26. The van der Waals surface area contributed by atoms with Gasteiger partial charge >= 0.3 is 0 Å². The molecule has 2 atom stereocenters. The molecule has 0 aromatic rings. The first-order chi connectivity index (χ1) is 6.47. The van der Waals surface area contributed by atoms with Gasteiger partial charge in [0.05, 0.1) is 16.9 Å². The lowest BCUT2D eigenvalue weighted by Crippen LogP contribution is -2.24. The molecule has 0 fully saturated rings. The molecule has 14 heavy (non-hydrogen) atoms. The van der Waals surface area contributed by atoms with Gasteiger partial charge in [-0.15, -0.1) is 29.8 Å². The van der Waals surface area contributed by atoms with Gasteiger partial charge in [0.1, 0.15) is 0 Å². The van der Waals surface area contributed by atoms with Crippen LogP contribution >= 0.6 is 34.8 Å². The molecule has 0 aromatic carbocycles. The third-order valence-electron chi connectivity index (χ3n) is 1.74. The highest BCUT2D eigenvalue weighted by atomic mass is 35.5. The molecular formula is C10H13Cl3O. The van der Waals surface area contributed by atoms with E-state index in [2.05, 4.69) is 6.58 Å². The topological polar surface area (TPSA) is 20.2 Å². The largest absolute Gasteiger partial charge is 0.392 e. The van der Waals surface area contributed by atoms with E-state index in [1.165, 1.54) is 5.54 Å². The van der Waals surface area contributed by atoms with Crippen molar-refractivity contribution in [2.24, 2.45) is 0 Å². The normalized spacial score (nSPS) is 19.4. The minimum Gasteiger partial charge on any atom is -0.392 e. The van der Waals surface area contributed by atoms with E-state index in [1.54, 1.807) is 25.2 Å². The first kappa shape index (κ1) is 14.1. The van der Waals surface area contributed by atoms with Gasteiger partial charge in [0.25, 0.3) is 0 Å². The van der Waals surface area contributed by atoms with Gasteiger partial charge in [-0.25, -0.2) is 0 Å². The molecule has 0 aliphatic heterocycles. The number of aliphatic hydroxyl groups is 1. The molecule has 0 amide bonds. The monoisotopic (exact) mass is 254 g/mol. The van der Waals surface area contributed by atoms with E-state index in [0.29, 0.717) is 5.57 Å². The number of hydrogen-bond acceptors (Lipinski definition) is 1. The predicted octanol–water partition coefficient (Wildman–Crippen LogP) is 3.45. The first-order valence-electron chi connectivity index (χ1n) is 4.02. The number of allylic oxidation sites excluding steroid dienone is 2. The molecule has 2 unspecified atom stereocenters. The molecule has 0 aliphatic rings. The van der Waals surface area contributed by atoms with Crippen molar-refractivity contribution >= 4 is 34.8 Å². The second-order valence-corrected chi connectivity index (χ2v) is 4.46. The third kappa shape index (κ3) is 4.52. The Morgan fingerprint density at radius 2 is 2.21 bits per heavy atom. The fourth-order valence-electron chi connectivity index (χ4n) is 0.632. The highest BCUT2D eigenvalue weighted by Gasteiger charge is 2.24. The van der Waals surface area contributed by atoms with E-state index in [9.17, 15) is 0 Å². The predicted molar refractivity (Wildman–Crippen MR) is 64.3 cm³/mol. The standard InChI is InChI=1S/C10H13Cl3O/c1-3-10(2,13)9(12)5-4-8(6-11)7-14/h3-6,9,14H,1,7H2,2H3. The number of halogens is 3. The smallest absolute Gasteiger partial charge is 0.0793 e. The fourth-order valence-corrected chi connectivity index (χ4v) is 1.01. The maximum Gasteiger partial charge on any atom is 0.0793 e. The second kappa shape index (κ2) is 6.52. The average molecular weight is 256 g/mol. The lowest BCUT2D eigenvalue weighted by atomic mass is 10.1. The third-order valence-corrected chi connectivity index (χ3v) is 3.12. The van der Waals surface area contributed by atoms with Crippen LogP contribution in [0.1, 0.15) is 6.92 Å². The zero-order chi connectivity index (χ0) is 11.2. The Morgan fingerprint density at radius 1 is 1.64 bits per heavy atom. The molecule has 1 nitrogen and oxygen atoms in total. The summed E-state index contributed by atoms with van der Waals surface area (Å²) in [5.74, 6) is 0. The summed E-state index contributed by atoms with van der Waals surface area (Å²) in [6, 6.07) is 0. The van der Waals surface area contributed by atoms with E-state index < -0.39 is 10.3 Å². The Hall–Kier alpha value is 0.0500. The molecule has 1 N–H and O–H groups in total. The van der Waals surface area contributed by atoms with Crippen LogP contribution in [0.25, 0.3) is 0 Å². The summed E-state index contributed by atoms with van der Waals surface area (Å²) < 4.78 is 0. The molecule has 0 radical (unpaired) electrons. The number of alkyl halides is 2. The summed E-state index contributed by atoms with van der Waals surface area (Å²) in [6.07, 6.45) is 4.87. The summed E-state index contributed by atoms with van der Waals surface area (Å²) in [7, 11) is 0. The zero-order valence-corrected chi connectivity index (χ0v) is 10.1. The number of aliphatic hydroxyl groups excluding tert-OH is 1. The van der Waals surface area contributed by atoms with Crippen LogP contribution in [0.3, 0.4) is 0 Å². The van der Waals surface area contributed by atoms with E-state index in [4.69, 9.17) is 39.9 Å². The number of hydrogen-bond donors (Lipinski definition) is 1. The summed E-state index contributed by atoms with van der Waals surface area (Å²) in [6.45, 7) is 5.21. The van der Waals surface area contributed by atoms with Crippen LogP contribution in [-0.4, -0.2) is 22.0 Å². The Balaban J connectivity index is 4.45. The second-order valence-electron chi connectivity index (χ2n) is 2.96. The van der Waals surface area contributed by atoms with Crippen molar-refractivity contribution in [1.82, 2.24) is 0 Å². The Kier molecular flexibility index (Phi) is 6.54. The summed E-state index contributed by atoms with van der Waals surface area (Å²) in [4.78, 5) is -0.703. The highest BCUT2D eigenvalue weighted by molar-refractivity contribution is 6.34. The molecule has 0 aromatic heterocycles. The lowest BCUT2D eigenvalue weighted by Gasteiger charge is -2.20. The van der Waals surface area contributed by atoms with Crippen LogP contribution in [0.15, 0.2) is 35.9 Å². The van der Waals surface area contributed by atoms with Crippen molar-refractivity contribution in [3.8, 4) is 0 Å². The molecule has 4 heteroatoms. The Morgan fingerprint density at radius 3 is 2.57 bits per heavy atom. The fraction of sp³-hybridized carbons (Fsp3) is 0.400. The minimum atomic E-state index is -0.703. The Labute approximate surface area is 99.7 Å². The quantitative estimate of drug-likeness (QED) is 0.453. The van der Waals surface area contributed by atoms with Crippen LogP contribution in [0.5, 0.6) is 0 Å². The van der Waals surface area contributed by atoms with E-state index in [-0.39, 0.29) is 6.61 Å². The number of rotatable bonds is 5. The van der Waals surface area contributed by atoms with Gasteiger partial charge in [-0.1, -0.05) is 29.8 Å². The van der Waals surface area contributed by atoms with Gasteiger partial charge < -0.3 is 5.11 Å². The van der Waals surface area contributed by atoms with Crippen LogP contribution in [0, 0.1) is 0 Å². The molecule has 0 heterocycles. The van der Waals surface area contributed by atoms with Gasteiger partial charge in [0.15, 0.2) is 0 Å². The maximum atomic E-state index is 8.80. The van der Waals surface area contributed by atoms with Crippen LogP contribution in [0.2, 0.25) is 0 Å². The van der Waals surface area contributed by atoms with Crippen molar-refractivity contribution in [2.75, 3.05) is 6.61 Å². The molecule has 0 saturated heterocycles. The molecule has 0 aliphatic carbocycles. The Bertz CT molecular complexity index is 244. The van der Waals surface area contributed by atoms with E-state index >= 15 is 0 Å². The van der Waals surface area contributed by atoms with Crippen molar-refractivity contribution in [3.63, 3.8) is 0 Å². The van der Waals surface area contributed by atoms with Gasteiger partial charge in [-0.2, -0.15) is 0 Å². The minimum absolute atomic E-state index is 0.128. The van der Waals surface area contributed by atoms with Gasteiger partial charge in [-0.3, -0.25) is 0 Å². The SMILES string of the molecule is C=CC(C)(Cl)C(Cl)C=CC(=CCl)CO. The molecule has 80 valence electrons. The van der Waals surface area contributed by atoms with Crippen LogP contribution < -0.4 is 0 Å². The van der Waals surface area contributed by atoms with Gasteiger partial charge in [0, 0.05) is 5.54 Å². The van der Waals surface area contributed by atoms with E-state index in [1.807, 2.05) is 0 Å². The summed E-state index contributed by atoms with van der Waals surface area (Å²) >= 11 is 17.4.